The van der Waals surface area contributed by atoms with Crippen LogP contribution in [0.4, 0.5) is 5.69 Å². The van der Waals surface area contributed by atoms with Gasteiger partial charge < -0.3 is 20.7 Å². The highest BCUT2D eigenvalue weighted by atomic mass is 35.6. The van der Waals surface area contributed by atoms with E-state index in [1.807, 2.05) is 0 Å². The zero-order chi connectivity index (χ0) is 18.5. The molecule has 134 valence electrons. The normalized spacial score (nSPS) is 13.0. The number of amides is 1. The fraction of sp³-hybridized carbons (Fsp3) is 0.467. The maximum Gasteiger partial charge on any atom is 0.228 e. The van der Waals surface area contributed by atoms with Crippen LogP contribution in [0.1, 0.15) is 20.8 Å². The zero-order valence-electron chi connectivity index (χ0n) is 13.7. The van der Waals surface area contributed by atoms with Gasteiger partial charge in [-0.1, -0.05) is 55.6 Å². The van der Waals surface area contributed by atoms with Gasteiger partial charge in [-0.15, -0.1) is 0 Å². The van der Waals surface area contributed by atoms with Gasteiger partial charge >= 0.3 is 0 Å². The zero-order valence-corrected chi connectivity index (χ0v) is 16.8. The van der Waals surface area contributed by atoms with E-state index in [4.69, 9.17) is 51.8 Å². The molecule has 0 unspecified atom stereocenters. The fourth-order valence-electron chi connectivity index (χ4n) is 1.52. The molecular weight excluding hydrogens is 393 g/mol. The van der Waals surface area contributed by atoms with E-state index in [9.17, 15) is 4.79 Å². The van der Waals surface area contributed by atoms with Crippen molar-refractivity contribution in [3.05, 3.63) is 24.3 Å². The lowest BCUT2D eigenvalue weighted by Gasteiger charge is -2.30. The number of methoxy groups -OCH3 is 1. The number of thiocarbonyl (C=S) groups is 1. The van der Waals surface area contributed by atoms with Crippen molar-refractivity contribution in [3.63, 3.8) is 0 Å². The average molecular weight is 413 g/mol. The lowest BCUT2D eigenvalue weighted by Crippen LogP contribution is -2.58. The molecule has 24 heavy (non-hydrogen) atoms. The number of hydrogen-bond acceptors (Lipinski definition) is 3. The van der Waals surface area contributed by atoms with Crippen molar-refractivity contribution in [2.75, 3.05) is 12.4 Å². The molecule has 3 N–H and O–H groups in total. The summed E-state index contributed by atoms with van der Waals surface area (Å²) in [6, 6.07) is 7.12. The van der Waals surface area contributed by atoms with Gasteiger partial charge in [0.05, 0.1) is 7.11 Å². The molecule has 0 aliphatic heterocycles. The fourth-order valence-corrected chi connectivity index (χ4v) is 2.08. The summed E-state index contributed by atoms with van der Waals surface area (Å²) in [5, 5.41) is 8.58. The number of carbonyl (C=O) groups excluding carboxylic acids is 1. The topological polar surface area (TPSA) is 62.4 Å². The minimum Gasteiger partial charge on any atom is -0.497 e. The smallest absolute Gasteiger partial charge is 0.228 e. The number of anilines is 1. The van der Waals surface area contributed by atoms with Crippen molar-refractivity contribution in [1.82, 2.24) is 10.6 Å². The molecule has 0 radical (unpaired) electrons. The molecule has 0 saturated carbocycles. The van der Waals surface area contributed by atoms with E-state index in [0.717, 1.165) is 11.4 Å². The molecule has 0 aliphatic rings. The number of alkyl halides is 3. The first-order valence-electron chi connectivity index (χ1n) is 7.02. The second-order valence-corrected chi connectivity index (χ2v) is 8.80. The summed E-state index contributed by atoms with van der Waals surface area (Å²) >= 11 is 23.0. The lowest BCUT2D eigenvalue weighted by molar-refractivity contribution is -0.129. The Labute approximate surface area is 162 Å². The number of ether oxygens (including phenoxy) is 1. The quantitative estimate of drug-likeness (QED) is 0.398. The molecule has 0 saturated heterocycles. The number of hydrogen-bond donors (Lipinski definition) is 3. The Morgan fingerprint density at radius 3 is 2.08 bits per heavy atom. The number of nitrogens with one attached hydrogen (secondary N) is 3. The summed E-state index contributed by atoms with van der Waals surface area (Å²) < 4.78 is 3.30. The van der Waals surface area contributed by atoms with Gasteiger partial charge in [-0.05, 0) is 36.5 Å². The molecule has 0 spiro atoms. The van der Waals surface area contributed by atoms with E-state index >= 15 is 0 Å². The summed E-state index contributed by atoms with van der Waals surface area (Å²) in [5.74, 6) is 0.439. The van der Waals surface area contributed by atoms with E-state index in [1.54, 1.807) is 52.1 Å². The molecule has 0 aliphatic carbocycles. The average Bonchev–Trinajstić information content (AvgIpc) is 2.45. The van der Waals surface area contributed by atoms with Gasteiger partial charge in [0, 0.05) is 11.1 Å². The largest absolute Gasteiger partial charge is 0.497 e. The van der Waals surface area contributed by atoms with Crippen LogP contribution < -0.4 is 20.7 Å². The first kappa shape index (κ1) is 21.1. The molecule has 0 aromatic heterocycles. The number of rotatable bonds is 4. The molecule has 5 nitrogen and oxygen atoms in total. The Morgan fingerprint density at radius 2 is 1.67 bits per heavy atom. The Balaban J connectivity index is 2.75. The van der Waals surface area contributed by atoms with Crippen molar-refractivity contribution in [1.29, 1.82) is 0 Å². The standard InChI is InChI=1S/C15H20Cl3N3O2S/c1-14(2,3)12(22)20-11(15(16,17)18)21-13(24)19-9-5-7-10(23-4)8-6-9/h5-8,11H,1-4H3,(H,20,22)(H2,19,21,24)/t11-/m0/s1. The van der Waals surface area contributed by atoms with Gasteiger partial charge in [0.15, 0.2) is 5.11 Å². The van der Waals surface area contributed by atoms with Gasteiger partial charge in [0.2, 0.25) is 9.70 Å². The van der Waals surface area contributed by atoms with Crippen LogP contribution in [0.2, 0.25) is 0 Å². The number of benzene rings is 1. The van der Waals surface area contributed by atoms with Crippen LogP contribution in [0.15, 0.2) is 24.3 Å². The molecule has 1 aromatic rings. The summed E-state index contributed by atoms with van der Waals surface area (Å²) in [4.78, 5) is 12.1. The van der Waals surface area contributed by atoms with Crippen molar-refractivity contribution in [3.8, 4) is 5.75 Å². The van der Waals surface area contributed by atoms with E-state index in [0.29, 0.717) is 0 Å². The minimum atomic E-state index is -1.79. The highest BCUT2D eigenvalue weighted by molar-refractivity contribution is 7.80. The van der Waals surface area contributed by atoms with Crippen molar-refractivity contribution in [2.45, 2.75) is 30.7 Å². The van der Waals surface area contributed by atoms with Crippen LogP contribution in [0.5, 0.6) is 5.75 Å². The Hall–Kier alpha value is -0.950. The molecule has 1 amide bonds. The van der Waals surface area contributed by atoms with Crippen LogP contribution in [0.25, 0.3) is 0 Å². The Bertz CT molecular complexity index is 583. The van der Waals surface area contributed by atoms with Crippen molar-refractivity contribution >= 4 is 63.7 Å². The molecule has 0 heterocycles. The van der Waals surface area contributed by atoms with Crippen LogP contribution in [-0.4, -0.2) is 28.1 Å². The molecular formula is C15H20Cl3N3O2S. The third-order valence-corrected chi connectivity index (χ3v) is 3.78. The first-order chi connectivity index (χ1) is 10.9. The molecule has 0 fully saturated rings. The predicted octanol–water partition coefficient (Wildman–Crippen LogP) is 3.84. The van der Waals surface area contributed by atoms with Crippen LogP contribution >= 0.6 is 47.0 Å². The van der Waals surface area contributed by atoms with Gasteiger partial charge in [0.25, 0.3) is 0 Å². The maximum atomic E-state index is 12.1. The summed E-state index contributed by atoms with van der Waals surface area (Å²) in [6.45, 7) is 5.27. The summed E-state index contributed by atoms with van der Waals surface area (Å²) in [7, 11) is 1.58. The second-order valence-electron chi connectivity index (χ2n) is 6.03. The predicted molar refractivity (Wildman–Crippen MR) is 104 cm³/mol. The monoisotopic (exact) mass is 411 g/mol. The molecule has 1 rings (SSSR count). The lowest BCUT2D eigenvalue weighted by atomic mass is 9.95. The Kier molecular flexibility index (Phi) is 7.41. The summed E-state index contributed by atoms with van der Waals surface area (Å²) in [5.41, 5.74) is 0.0828. The third-order valence-electron chi connectivity index (χ3n) is 2.91. The summed E-state index contributed by atoms with van der Waals surface area (Å²) in [6.07, 6.45) is -0.993. The van der Waals surface area contributed by atoms with Crippen molar-refractivity contribution in [2.24, 2.45) is 5.41 Å². The highest BCUT2D eigenvalue weighted by Gasteiger charge is 2.36. The van der Waals surface area contributed by atoms with Crippen LogP contribution in [0, 0.1) is 5.41 Å². The van der Waals surface area contributed by atoms with E-state index in [2.05, 4.69) is 16.0 Å². The molecule has 9 heteroatoms. The van der Waals surface area contributed by atoms with Gasteiger partial charge in [-0.2, -0.15) is 0 Å². The second kappa shape index (κ2) is 8.43. The van der Waals surface area contributed by atoms with E-state index < -0.39 is 15.4 Å². The SMILES string of the molecule is COc1ccc(NC(=S)N[C@H](NC(=O)C(C)(C)C)C(Cl)(Cl)Cl)cc1. The first-order valence-corrected chi connectivity index (χ1v) is 8.57. The van der Waals surface area contributed by atoms with Crippen molar-refractivity contribution < 1.29 is 9.53 Å². The maximum absolute atomic E-state index is 12.1. The van der Waals surface area contributed by atoms with Gasteiger partial charge in [-0.3, -0.25) is 4.79 Å². The molecule has 0 bridgehead atoms. The number of halogens is 3. The minimum absolute atomic E-state index is 0.200. The van der Waals surface area contributed by atoms with Gasteiger partial charge in [-0.25, -0.2) is 0 Å². The highest BCUT2D eigenvalue weighted by Crippen LogP contribution is 2.30. The Morgan fingerprint density at radius 1 is 1.12 bits per heavy atom. The third kappa shape index (κ3) is 6.89. The molecule has 1 aromatic carbocycles. The van der Waals surface area contributed by atoms with Crippen LogP contribution in [0.3, 0.4) is 0 Å². The van der Waals surface area contributed by atoms with E-state index in [1.165, 1.54) is 0 Å². The van der Waals surface area contributed by atoms with Gasteiger partial charge in [0.1, 0.15) is 11.9 Å². The van der Waals surface area contributed by atoms with Crippen LogP contribution in [-0.2, 0) is 4.79 Å². The molecule has 1 atom stereocenters. The van der Waals surface area contributed by atoms with E-state index in [-0.39, 0.29) is 11.0 Å². The number of carbonyl (C=O) groups is 1.